The number of hydrogen-bond acceptors (Lipinski definition) is 2. The van der Waals surface area contributed by atoms with Gasteiger partial charge in [-0.3, -0.25) is 9.59 Å². The van der Waals surface area contributed by atoms with Gasteiger partial charge in [0.05, 0.1) is 15.7 Å². The average molecular weight is 346 g/mol. The Morgan fingerprint density at radius 1 is 1.19 bits per heavy atom. The third-order valence-corrected chi connectivity index (χ3v) is 3.70. The number of halogens is 3. The van der Waals surface area contributed by atoms with Crippen molar-refractivity contribution in [1.82, 2.24) is 4.57 Å². The van der Waals surface area contributed by atoms with Crippen LogP contribution in [0.2, 0.25) is 15.1 Å². The molecule has 110 valence electrons. The molecule has 0 radical (unpaired) electrons. The second kappa shape index (κ2) is 6.52. The number of carbonyl (C=O) groups is 1. The minimum Gasteiger partial charge on any atom is -0.323 e. The zero-order valence-electron chi connectivity index (χ0n) is 10.9. The van der Waals surface area contributed by atoms with Crippen LogP contribution < -0.4 is 10.9 Å². The Morgan fingerprint density at radius 2 is 1.86 bits per heavy atom. The number of benzene rings is 1. The Labute approximate surface area is 136 Å². The number of anilines is 1. The van der Waals surface area contributed by atoms with E-state index >= 15 is 0 Å². The lowest BCUT2D eigenvalue weighted by atomic mass is 10.2. The number of amides is 1. The predicted molar refractivity (Wildman–Crippen MR) is 85.5 cm³/mol. The summed E-state index contributed by atoms with van der Waals surface area (Å²) < 4.78 is 1.18. The second-order valence-corrected chi connectivity index (χ2v) is 5.61. The van der Waals surface area contributed by atoms with Crippen LogP contribution in [0.5, 0.6) is 0 Å². The lowest BCUT2D eigenvalue weighted by molar-refractivity contribution is -0.118. The molecule has 0 spiro atoms. The van der Waals surface area contributed by atoms with Crippen molar-refractivity contribution >= 4 is 46.4 Å². The Kier molecular flexibility index (Phi) is 4.93. The number of hydrogen-bond donors (Lipinski definition) is 1. The van der Waals surface area contributed by atoms with E-state index in [4.69, 9.17) is 34.8 Å². The Bertz CT molecular complexity index is 743. The van der Waals surface area contributed by atoms with E-state index in [-0.39, 0.29) is 10.0 Å². The van der Waals surface area contributed by atoms with Crippen LogP contribution in [0.25, 0.3) is 0 Å². The van der Waals surface area contributed by atoms with Gasteiger partial charge in [0.25, 0.3) is 5.56 Å². The Morgan fingerprint density at radius 3 is 2.52 bits per heavy atom. The maximum absolute atomic E-state index is 12.2. The average Bonchev–Trinajstić information content (AvgIpc) is 2.44. The van der Waals surface area contributed by atoms with Gasteiger partial charge in [-0.2, -0.15) is 0 Å². The molecule has 2 rings (SSSR count). The van der Waals surface area contributed by atoms with Crippen molar-refractivity contribution in [3.8, 4) is 0 Å². The molecule has 0 bridgehead atoms. The summed E-state index contributed by atoms with van der Waals surface area (Å²) in [5, 5.41) is 3.30. The van der Waals surface area contributed by atoms with Gasteiger partial charge >= 0.3 is 0 Å². The highest BCUT2D eigenvalue weighted by Crippen LogP contribution is 2.22. The number of rotatable bonds is 3. The van der Waals surface area contributed by atoms with Crippen molar-refractivity contribution in [3.05, 3.63) is 62.0 Å². The van der Waals surface area contributed by atoms with Gasteiger partial charge in [0.15, 0.2) is 0 Å². The molecule has 0 aliphatic carbocycles. The third kappa shape index (κ3) is 3.59. The van der Waals surface area contributed by atoms with Gasteiger partial charge in [-0.05, 0) is 25.1 Å². The van der Waals surface area contributed by atoms with E-state index in [0.717, 1.165) is 0 Å². The molecule has 2 aromatic rings. The third-order valence-electron chi connectivity index (χ3n) is 2.89. The van der Waals surface area contributed by atoms with E-state index < -0.39 is 17.5 Å². The molecule has 1 aromatic carbocycles. The lowest BCUT2D eigenvalue weighted by Gasteiger charge is -2.16. The molecular formula is C14H11Cl3N2O2. The summed E-state index contributed by atoms with van der Waals surface area (Å²) in [6.07, 6.45) is 1.37. The highest BCUT2D eigenvalue weighted by Gasteiger charge is 2.18. The van der Waals surface area contributed by atoms with Gasteiger partial charge in [-0.1, -0.05) is 46.9 Å². The summed E-state index contributed by atoms with van der Waals surface area (Å²) in [6, 6.07) is 7.37. The summed E-state index contributed by atoms with van der Waals surface area (Å²) in [7, 11) is 0. The largest absolute Gasteiger partial charge is 0.323 e. The molecule has 1 N–H and O–H groups in total. The molecule has 4 nitrogen and oxygen atoms in total. The van der Waals surface area contributed by atoms with Gasteiger partial charge in [0.1, 0.15) is 11.1 Å². The van der Waals surface area contributed by atoms with Crippen LogP contribution in [-0.4, -0.2) is 10.5 Å². The van der Waals surface area contributed by atoms with Gasteiger partial charge in [0.2, 0.25) is 5.91 Å². The summed E-state index contributed by atoms with van der Waals surface area (Å²) >= 11 is 17.6. The van der Waals surface area contributed by atoms with Gasteiger partial charge in [-0.15, -0.1) is 0 Å². The van der Waals surface area contributed by atoms with Crippen molar-refractivity contribution in [2.75, 3.05) is 5.32 Å². The van der Waals surface area contributed by atoms with Gasteiger partial charge < -0.3 is 9.88 Å². The zero-order valence-corrected chi connectivity index (χ0v) is 13.2. The summed E-state index contributed by atoms with van der Waals surface area (Å²) in [5.74, 6) is -0.400. The monoisotopic (exact) mass is 344 g/mol. The first-order valence-corrected chi connectivity index (χ1v) is 7.16. The molecule has 1 heterocycles. The van der Waals surface area contributed by atoms with Crippen molar-refractivity contribution in [2.24, 2.45) is 0 Å². The fraction of sp³-hybridized carbons (Fsp3) is 0.143. The number of carbonyl (C=O) groups excluding carboxylic acids is 1. The Balaban J connectivity index is 2.28. The van der Waals surface area contributed by atoms with E-state index in [1.54, 1.807) is 31.2 Å². The number of nitrogens with zero attached hydrogens (tertiary/aromatic N) is 1. The zero-order chi connectivity index (χ0) is 15.6. The lowest BCUT2D eigenvalue weighted by Crippen LogP contribution is -2.31. The normalized spacial score (nSPS) is 12.0. The van der Waals surface area contributed by atoms with Crippen LogP contribution in [0.15, 0.2) is 41.3 Å². The minimum absolute atomic E-state index is 0.0418. The van der Waals surface area contributed by atoms with Crippen molar-refractivity contribution < 1.29 is 4.79 Å². The molecule has 7 heteroatoms. The van der Waals surface area contributed by atoms with E-state index in [1.165, 1.54) is 16.8 Å². The highest BCUT2D eigenvalue weighted by molar-refractivity contribution is 6.34. The standard InChI is InChI=1S/C14H11Cl3N2O2/c1-8(19-7-9(15)6-11(17)14(19)21)13(20)18-12-5-3-2-4-10(12)16/h2-8H,1H3,(H,18,20). The molecular weight excluding hydrogens is 335 g/mol. The smallest absolute Gasteiger partial charge is 0.270 e. The van der Waals surface area contributed by atoms with Crippen LogP contribution in [0, 0.1) is 0 Å². The first kappa shape index (κ1) is 15.9. The maximum Gasteiger partial charge on any atom is 0.270 e. The van der Waals surface area contributed by atoms with Crippen LogP contribution in [0.4, 0.5) is 5.69 Å². The first-order valence-electron chi connectivity index (χ1n) is 6.02. The fourth-order valence-corrected chi connectivity index (χ4v) is 2.42. The topological polar surface area (TPSA) is 51.1 Å². The van der Waals surface area contributed by atoms with Crippen LogP contribution in [0.3, 0.4) is 0 Å². The molecule has 0 fully saturated rings. The fourth-order valence-electron chi connectivity index (χ4n) is 1.75. The van der Waals surface area contributed by atoms with Crippen molar-refractivity contribution in [3.63, 3.8) is 0 Å². The molecule has 0 saturated heterocycles. The molecule has 1 atom stereocenters. The maximum atomic E-state index is 12.2. The molecule has 0 aliphatic heterocycles. The summed E-state index contributed by atoms with van der Waals surface area (Å²) in [4.78, 5) is 24.2. The van der Waals surface area contributed by atoms with E-state index in [0.29, 0.717) is 10.7 Å². The molecule has 0 aliphatic rings. The number of nitrogens with one attached hydrogen (secondary N) is 1. The number of pyridine rings is 1. The SMILES string of the molecule is CC(C(=O)Nc1ccccc1Cl)n1cc(Cl)cc(Cl)c1=O. The van der Waals surface area contributed by atoms with Crippen LogP contribution in [0.1, 0.15) is 13.0 Å². The number of para-hydroxylation sites is 1. The van der Waals surface area contributed by atoms with E-state index in [2.05, 4.69) is 5.32 Å². The molecule has 0 saturated carbocycles. The summed E-state index contributed by atoms with van der Waals surface area (Å²) in [6.45, 7) is 1.57. The Hall–Kier alpha value is -1.49. The van der Waals surface area contributed by atoms with Crippen molar-refractivity contribution in [2.45, 2.75) is 13.0 Å². The quantitative estimate of drug-likeness (QED) is 0.914. The molecule has 1 aromatic heterocycles. The summed E-state index contributed by atoms with van der Waals surface area (Å²) in [5.41, 5.74) is -0.0138. The van der Waals surface area contributed by atoms with E-state index in [1.807, 2.05) is 0 Å². The molecule has 1 unspecified atom stereocenters. The molecule has 1 amide bonds. The second-order valence-electron chi connectivity index (χ2n) is 4.36. The van der Waals surface area contributed by atoms with E-state index in [9.17, 15) is 9.59 Å². The van der Waals surface area contributed by atoms with Crippen LogP contribution in [-0.2, 0) is 4.79 Å². The molecule has 21 heavy (non-hydrogen) atoms. The predicted octanol–water partition coefficient (Wildman–Crippen LogP) is 4.01. The van der Waals surface area contributed by atoms with Gasteiger partial charge in [0, 0.05) is 6.20 Å². The van der Waals surface area contributed by atoms with Gasteiger partial charge in [-0.25, -0.2) is 0 Å². The van der Waals surface area contributed by atoms with Crippen LogP contribution >= 0.6 is 34.8 Å². The minimum atomic E-state index is -0.787. The number of aromatic nitrogens is 1. The highest BCUT2D eigenvalue weighted by atomic mass is 35.5. The first-order chi connectivity index (χ1) is 9.90. The van der Waals surface area contributed by atoms with Crippen molar-refractivity contribution in [1.29, 1.82) is 0 Å².